The summed E-state index contributed by atoms with van der Waals surface area (Å²) >= 11 is 0. The number of rotatable bonds is 12. The molecule has 0 rings (SSSR count). The Balaban J connectivity index is -0.000000372. The second kappa shape index (κ2) is 15.7. The minimum atomic E-state index is -1.37. The first kappa shape index (κ1) is 29.2. The number of aliphatic hydroxyl groups excluding tert-OH is 6. The Morgan fingerprint density at radius 2 is 0.840 bits per heavy atom. The van der Waals surface area contributed by atoms with Gasteiger partial charge in [0, 0.05) is 13.1 Å². The Labute approximate surface area is 161 Å². The van der Waals surface area contributed by atoms with Gasteiger partial charge in [-0.25, -0.2) is 0 Å². The van der Waals surface area contributed by atoms with E-state index in [0.29, 0.717) is 0 Å². The molecule has 0 aromatic heterocycles. The first-order valence-electron chi connectivity index (χ1n) is 6.75. The van der Waals surface area contributed by atoms with Crippen molar-refractivity contribution in [3.63, 3.8) is 0 Å². The molecule has 0 fully saturated rings. The smallest absolute Gasteiger partial charge is 0.549 e. The summed E-state index contributed by atoms with van der Waals surface area (Å²) in [6.07, 6.45) is 0. The molecule has 2 radical (unpaired) electrons. The van der Waals surface area contributed by atoms with E-state index in [1.807, 2.05) is 0 Å². The van der Waals surface area contributed by atoms with Gasteiger partial charge in [-0.1, -0.05) is 0 Å². The van der Waals surface area contributed by atoms with Crippen molar-refractivity contribution in [2.45, 2.75) is 11.1 Å². The van der Waals surface area contributed by atoms with Crippen LogP contribution in [0.1, 0.15) is 0 Å². The van der Waals surface area contributed by atoms with Gasteiger partial charge in [0.25, 0.3) is 0 Å². The topological polar surface area (TPSA) is 226 Å². The van der Waals surface area contributed by atoms with Gasteiger partial charge in [0.15, 0.2) is 0 Å². The molecule has 0 bridgehead atoms. The monoisotopic (exact) mass is 476 g/mol. The number of hydrogen-bond donors (Lipinski definition) is 8. The van der Waals surface area contributed by atoms with Gasteiger partial charge in [0.05, 0.1) is 62.7 Å². The Hall–Kier alpha value is -0.581. The van der Waals surface area contributed by atoms with Crippen molar-refractivity contribution in [2.75, 3.05) is 52.7 Å². The van der Waals surface area contributed by atoms with Gasteiger partial charge < -0.3 is 61.1 Å². The summed E-state index contributed by atoms with van der Waals surface area (Å²) in [6.45, 7) is -4.34. The van der Waals surface area contributed by atoms with Crippen LogP contribution >= 0.6 is 0 Å². The van der Waals surface area contributed by atoms with Gasteiger partial charge in [0.1, 0.15) is 0 Å². The third-order valence-electron chi connectivity index (χ3n) is 3.03. The molecule has 8 N–H and O–H groups in total. The Morgan fingerprint density at radius 3 is 0.960 bits per heavy atom. The molecular formula is C12H24N2O10Sn. The molecule has 13 heteroatoms. The normalized spacial score (nSPS) is 11.1. The number of carboxylic acids is 2. The molecule has 0 aromatic carbocycles. The van der Waals surface area contributed by atoms with Crippen LogP contribution in [0.15, 0.2) is 0 Å². The maximum atomic E-state index is 9.98. The molecule has 0 atom stereocenters. The maximum Gasteiger partial charge on any atom is 2.00 e. The number of carboxylic acid groups (broad SMARTS) is 2. The summed E-state index contributed by atoms with van der Waals surface area (Å²) in [4.78, 5) is 20.0. The Kier molecular flexibility index (Phi) is 18.3. The SMILES string of the molecule is O=C([O-])CNC(CO)(CO)CO.O=C([O-])CNC(CO)(CO)CO.[Sn+2]. The maximum absolute atomic E-state index is 9.98. The summed E-state index contributed by atoms with van der Waals surface area (Å²) < 4.78 is 0. The van der Waals surface area contributed by atoms with Gasteiger partial charge in [-0.2, -0.15) is 0 Å². The number of aliphatic hydroxyl groups is 6. The summed E-state index contributed by atoms with van der Waals surface area (Å²) in [7, 11) is 0. The fourth-order valence-electron chi connectivity index (χ4n) is 1.15. The summed E-state index contributed by atoms with van der Waals surface area (Å²) in [5, 5.41) is 76.7. The number of carbonyl (C=O) groups excluding carboxylic acids is 2. The average molecular weight is 475 g/mol. The predicted molar refractivity (Wildman–Crippen MR) is 79.8 cm³/mol. The van der Waals surface area contributed by atoms with E-state index in [-0.39, 0.29) is 23.9 Å². The van der Waals surface area contributed by atoms with Crippen LogP contribution in [0, 0.1) is 0 Å². The third kappa shape index (κ3) is 12.4. The Bertz CT molecular complexity index is 313. The van der Waals surface area contributed by atoms with Crippen LogP contribution in [0.25, 0.3) is 0 Å². The first-order chi connectivity index (χ1) is 11.2. The number of aliphatic carboxylic acids is 2. The number of nitrogens with one attached hydrogen (secondary N) is 2. The minimum absolute atomic E-state index is 0. The Morgan fingerprint density at radius 1 is 0.640 bits per heavy atom. The molecular weight excluding hydrogens is 451 g/mol. The van der Waals surface area contributed by atoms with E-state index in [0.717, 1.165) is 0 Å². The van der Waals surface area contributed by atoms with Crippen molar-refractivity contribution < 1.29 is 50.4 Å². The molecule has 0 aliphatic carbocycles. The van der Waals surface area contributed by atoms with Crippen LogP contribution in [0.4, 0.5) is 0 Å². The van der Waals surface area contributed by atoms with E-state index in [9.17, 15) is 19.8 Å². The van der Waals surface area contributed by atoms with Crippen molar-refractivity contribution in [1.82, 2.24) is 10.6 Å². The van der Waals surface area contributed by atoms with Gasteiger partial charge >= 0.3 is 23.9 Å². The van der Waals surface area contributed by atoms with Gasteiger partial charge in [-0.15, -0.1) is 0 Å². The molecule has 0 spiro atoms. The standard InChI is InChI=1S/2C6H13NO5.Sn/c2*8-2-6(3-9,4-10)7-1-5(11)12;/h2*7-10H,1-4H2,(H,11,12);/q;;+2/p-2. The van der Waals surface area contributed by atoms with Crippen molar-refractivity contribution >= 4 is 35.8 Å². The fraction of sp³-hybridized carbons (Fsp3) is 0.833. The van der Waals surface area contributed by atoms with Crippen molar-refractivity contribution in [3.05, 3.63) is 0 Å². The van der Waals surface area contributed by atoms with Gasteiger partial charge in [-0.05, 0) is 0 Å². The molecule has 25 heavy (non-hydrogen) atoms. The molecule has 12 nitrogen and oxygen atoms in total. The van der Waals surface area contributed by atoms with Crippen molar-refractivity contribution in [1.29, 1.82) is 0 Å². The molecule has 0 saturated carbocycles. The zero-order valence-electron chi connectivity index (χ0n) is 13.5. The largest absolute Gasteiger partial charge is 2.00 e. The second-order valence-corrected chi connectivity index (χ2v) is 4.96. The summed E-state index contributed by atoms with van der Waals surface area (Å²) in [5.41, 5.74) is -2.69. The molecule has 0 aliphatic heterocycles. The average Bonchev–Trinajstić information content (AvgIpc) is 2.59. The van der Waals surface area contributed by atoms with Crippen molar-refractivity contribution in [3.8, 4) is 0 Å². The molecule has 0 aliphatic rings. The summed E-state index contributed by atoms with van der Waals surface area (Å²) in [6, 6.07) is 0. The summed E-state index contributed by atoms with van der Waals surface area (Å²) in [5.74, 6) is -2.73. The van der Waals surface area contributed by atoms with Gasteiger partial charge in [-0.3, -0.25) is 0 Å². The minimum Gasteiger partial charge on any atom is -0.549 e. The molecule has 0 aromatic rings. The number of carbonyl (C=O) groups is 2. The zero-order chi connectivity index (χ0) is 19.2. The fourth-order valence-corrected chi connectivity index (χ4v) is 1.15. The van der Waals surface area contributed by atoms with E-state index in [1.54, 1.807) is 0 Å². The van der Waals surface area contributed by atoms with E-state index in [1.165, 1.54) is 0 Å². The molecule has 0 unspecified atom stereocenters. The first-order valence-corrected chi connectivity index (χ1v) is 6.75. The van der Waals surface area contributed by atoms with Crippen molar-refractivity contribution in [2.24, 2.45) is 0 Å². The third-order valence-corrected chi connectivity index (χ3v) is 3.03. The zero-order valence-corrected chi connectivity index (χ0v) is 16.3. The van der Waals surface area contributed by atoms with E-state index in [2.05, 4.69) is 10.6 Å². The van der Waals surface area contributed by atoms with E-state index in [4.69, 9.17) is 30.6 Å². The van der Waals surface area contributed by atoms with Gasteiger partial charge in [0.2, 0.25) is 0 Å². The van der Waals surface area contributed by atoms with Crippen LogP contribution in [0.5, 0.6) is 0 Å². The van der Waals surface area contributed by atoms with Crippen LogP contribution in [0.3, 0.4) is 0 Å². The molecule has 0 heterocycles. The second-order valence-electron chi connectivity index (χ2n) is 4.96. The van der Waals surface area contributed by atoms with Crippen LogP contribution < -0.4 is 20.8 Å². The quantitative estimate of drug-likeness (QED) is 0.123. The molecule has 0 amide bonds. The predicted octanol–water partition coefficient (Wildman–Crippen LogP) is -8.30. The number of hydrogen-bond acceptors (Lipinski definition) is 12. The van der Waals surface area contributed by atoms with Crippen LogP contribution in [-0.2, 0) is 9.59 Å². The van der Waals surface area contributed by atoms with Crippen LogP contribution in [0.2, 0.25) is 0 Å². The van der Waals surface area contributed by atoms with E-state index < -0.39 is 75.7 Å². The van der Waals surface area contributed by atoms with E-state index >= 15 is 0 Å². The van der Waals surface area contributed by atoms with Crippen LogP contribution in [-0.4, -0.2) is 130 Å². The molecule has 146 valence electrons. The molecule has 0 saturated heterocycles.